The number of rotatable bonds is 6. The van der Waals surface area contributed by atoms with E-state index in [1.54, 1.807) is 60.7 Å². The fourth-order valence-corrected chi connectivity index (χ4v) is 10.1. The van der Waals surface area contributed by atoms with Gasteiger partial charge in [-0.15, -0.1) is 11.6 Å². The Bertz CT molecular complexity index is 1600. The van der Waals surface area contributed by atoms with Crippen LogP contribution in [0.5, 0.6) is 0 Å². The molecular formula is C36H36ClIO6. The van der Waals surface area contributed by atoms with Gasteiger partial charge in [-0.1, -0.05) is 56.7 Å². The van der Waals surface area contributed by atoms with E-state index in [9.17, 15) is 19.2 Å². The van der Waals surface area contributed by atoms with Crippen LogP contribution in [-0.2, 0) is 19.1 Å². The van der Waals surface area contributed by atoms with Crippen molar-refractivity contribution in [3.8, 4) is 0 Å². The maximum atomic E-state index is 14.5. The molecule has 0 radical (unpaired) electrons. The highest BCUT2D eigenvalue weighted by Crippen LogP contribution is 2.72. The molecule has 3 saturated carbocycles. The second-order valence-corrected chi connectivity index (χ2v) is 15.2. The molecule has 0 aliphatic heterocycles. The molecule has 0 amide bonds. The lowest BCUT2D eigenvalue weighted by Crippen LogP contribution is -2.65. The summed E-state index contributed by atoms with van der Waals surface area (Å²) in [6, 6.07) is 15.6. The van der Waals surface area contributed by atoms with Crippen molar-refractivity contribution in [2.45, 2.75) is 63.4 Å². The standard InChI is InChI=1S/C36H36ClIO6/c1-22-18-29-28-13-12-25-20-27(39)14-15-33(25,2)35(28,37)17-16-34(29,3)36(22,44-32(42)24-10-7-11-26(38)19-24)30(40)21-43-31(41)23-8-5-4-6-9-23/h4-11,14-15,19-20,22,28-29H,12-13,16-18,21H2,1-3H3/t22?,28-,29-,33-,34-,35+,36-/m0/s1. The summed E-state index contributed by atoms with van der Waals surface area (Å²) in [6.45, 7) is 5.64. The Morgan fingerprint density at radius 2 is 1.70 bits per heavy atom. The van der Waals surface area contributed by atoms with Gasteiger partial charge in [0.05, 0.1) is 16.0 Å². The highest BCUT2D eigenvalue weighted by atomic mass is 127. The average Bonchev–Trinajstić information content (AvgIpc) is 3.23. The van der Waals surface area contributed by atoms with Crippen LogP contribution in [0.15, 0.2) is 78.4 Å². The van der Waals surface area contributed by atoms with Gasteiger partial charge in [0.25, 0.3) is 0 Å². The molecule has 2 aromatic carbocycles. The second kappa shape index (κ2) is 11.2. The quantitative estimate of drug-likeness (QED) is 0.174. The Hall–Kier alpha value is -2.78. The van der Waals surface area contributed by atoms with Crippen molar-refractivity contribution in [3.05, 3.63) is 93.1 Å². The molecule has 3 fully saturated rings. The topological polar surface area (TPSA) is 86.7 Å². The highest BCUT2D eigenvalue weighted by molar-refractivity contribution is 14.1. The van der Waals surface area contributed by atoms with Gasteiger partial charge in [0.15, 0.2) is 18.0 Å². The molecule has 0 saturated heterocycles. The van der Waals surface area contributed by atoms with Crippen molar-refractivity contribution in [2.24, 2.45) is 28.6 Å². The van der Waals surface area contributed by atoms with E-state index in [0.29, 0.717) is 30.4 Å². The van der Waals surface area contributed by atoms with Crippen LogP contribution in [0.4, 0.5) is 0 Å². The monoisotopic (exact) mass is 726 g/mol. The number of hydrogen-bond donors (Lipinski definition) is 0. The van der Waals surface area contributed by atoms with Crippen molar-refractivity contribution in [1.29, 1.82) is 0 Å². The molecule has 0 N–H and O–H groups in total. The van der Waals surface area contributed by atoms with Gasteiger partial charge in [0.1, 0.15) is 0 Å². The van der Waals surface area contributed by atoms with E-state index < -0.39 is 45.6 Å². The predicted molar refractivity (Wildman–Crippen MR) is 175 cm³/mol. The van der Waals surface area contributed by atoms with Gasteiger partial charge in [0, 0.05) is 20.3 Å². The van der Waals surface area contributed by atoms with E-state index in [-0.39, 0.29) is 23.5 Å². The number of halogens is 2. The van der Waals surface area contributed by atoms with Crippen LogP contribution in [0, 0.1) is 32.2 Å². The van der Waals surface area contributed by atoms with E-state index >= 15 is 0 Å². The van der Waals surface area contributed by atoms with E-state index in [1.807, 2.05) is 19.1 Å². The van der Waals surface area contributed by atoms with Gasteiger partial charge >= 0.3 is 11.9 Å². The Labute approximate surface area is 276 Å². The Balaban J connectivity index is 1.38. The summed E-state index contributed by atoms with van der Waals surface area (Å²) in [6.07, 6.45) is 8.59. The molecule has 0 heterocycles. The van der Waals surface area contributed by atoms with Crippen LogP contribution in [0.3, 0.4) is 0 Å². The summed E-state index contributed by atoms with van der Waals surface area (Å²) in [7, 11) is 0. The zero-order chi connectivity index (χ0) is 31.5. The number of hydrogen-bond acceptors (Lipinski definition) is 6. The third-order valence-electron chi connectivity index (χ3n) is 11.3. The van der Waals surface area contributed by atoms with Crippen molar-refractivity contribution >= 4 is 57.7 Å². The number of carbonyl (C=O) groups excluding carboxylic acids is 4. The lowest BCUT2D eigenvalue weighted by atomic mass is 9.46. The van der Waals surface area contributed by atoms with Gasteiger partial charge in [0.2, 0.25) is 5.78 Å². The predicted octanol–water partition coefficient (Wildman–Crippen LogP) is 7.53. The fourth-order valence-electron chi connectivity index (χ4n) is 9.00. The number of alkyl halides is 1. The van der Waals surface area contributed by atoms with E-state index in [1.165, 1.54) is 0 Å². The SMILES string of the molecule is CC1C[C@H]2[C@@H]3CCC4=CC(=O)C=C[C@]4(C)[C@@]3(Cl)CC[C@]2(C)[C@@]1(OC(=O)c1cccc(I)c1)C(=O)COC(=O)c1ccccc1. The molecule has 0 spiro atoms. The zero-order valence-corrected chi connectivity index (χ0v) is 28.0. The van der Waals surface area contributed by atoms with Gasteiger partial charge in [-0.05, 0) is 109 Å². The first-order valence-electron chi connectivity index (χ1n) is 15.2. The molecule has 4 aliphatic carbocycles. The highest BCUT2D eigenvalue weighted by Gasteiger charge is 2.74. The summed E-state index contributed by atoms with van der Waals surface area (Å²) in [5.74, 6) is -1.97. The van der Waals surface area contributed by atoms with Crippen LogP contribution in [0.2, 0.25) is 0 Å². The number of ether oxygens (including phenoxy) is 2. The molecule has 0 bridgehead atoms. The molecular weight excluding hydrogens is 691 g/mol. The van der Waals surface area contributed by atoms with Crippen LogP contribution >= 0.6 is 34.2 Å². The number of esters is 2. The summed E-state index contributed by atoms with van der Waals surface area (Å²) >= 11 is 9.86. The summed E-state index contributed by atoms with van der Waals surface area (Å²) in [5, 5.41) is 0. The zero-order valence-electron chi connectivity index (χ0n) is 25.1. The summed E-state index contributed by atoms with van der Waals surface area (Å²) in [5.41, 5.74) is -1.00. The Kier molecular flexibility index (Phi) is 7.97. The lowest BCUT2D eigenvalue weighted by Gasteiger charge is -2.62. The Morgan fingerprint density at radius 1 is 0.977 bits per heavy atom. The Morgan fingerprint density at radius 3 is 2.43 bits per heavy atom. The fraction of sp³-hybridized carbons (Fsp3) is 0.444. The van der Waals surface area contributed by atoms with Crippen LogP contribution in [-0.4, -0.2) is 40.6 Å². The van der Waals surface area contributed by atoms with E-state index in [4.69, 9.17) is 21.1 Å². The third-order valence-corrected chi connectivity index (χ3v) is 12.8. The van der Waals surface area contributed by atoms with E-state index in [2.05, 4.69) is 36.4 Å². The third kappa shape index (κ3) is 4.63. The largest absolute Gasteiger partial charge is 0.454 e. The molecule has 44 heavy (non-hydrogen) atoms. The first kappa shape index (κ1) is 31.2. The molecule has 7 atom stereocenters. The molecule has 4 aliphatic rings. The summed E-state index contributed by atoms with van der Waals surface area (Å²) in [4.78, 5) is 52.9. The number of Topliss-reactive ketones (excluding diaryl/α,β-unsaturated/α-hetero) is 1. The minimum atomic E-state index is -1.53. The first-order chi connectivity index (χ1) is 20.9. The van der Waals surface area contributed by atoms with Crippen LogP contribution in [0.25, 0.3) is 0 Å². The summed E-state index contributed by atoms with van der Waals surface area (Å²) < 4.78 is 12.9. The molecule has 0 aromatic heterocycles. The van der Waals surface area contributed by atoms with Crippen molar-refractivity contribution in [2.75, 3.05) is 6.61 Å². The van der Waals surface area contributed by atoms with Gasteiger partial charge in [-0.2, -0.15) is 0 Å². The minimum Gasteiger partial charge on any atom is -0.454 e. The number of carbonyl (C=O) groups is 4. The molecule has 8 heteroatoms. The normalized spacial score (nSPS) is 35.5. The first-order valence-corrected chi connectivity index (χ1v) is 16.7. The maximum absolute atomic E-state index is 14.5. The maximum Gasteiger partial charge on any atom is 0.339 e. The van der Waals surface area contributed by atoms with Gasteiger partial charge < -0.3 is 9.47 Å². The molecule has 2 aromatic rings. The lowest BCUT2D eigenvalue weighted by molar-refractivity contribution is -0.169. The second-order valence-electron chi connectivity index (χ2n) is 13.3. The average molecular weight is 727 g/mol. The molecule has 1 unspecified atom stereocenters. The molecule has 6 rings (SSSR count). The number of ketones is 2. The van der Waals surface area contributed by atoms with Crippen LogP contribution in [0.1, 0.15) is 73.6 Å². The van der Waals surface area contributed by atoms with Crippen molar-refractivity contribution in [3.63, 3.8) is 0 Å². The van der Waals surface area contributed by atoms with Crippen LogP contribution < -0.4 is 0 Å². The van der Waals surface area contributed by atoms with Gasteiger partial charge in [-0.3, -0.25) is 9.59 Å². The minimum absolute atomic E-state index is 0.0107. The van der Waals surface area contributed by atoms with E-state index in [0.717, 1.165) is 22.0 Å². The smallest absolute Gasteiger partial charge is 0.339 e. The number of fused-ring (bicyclic) bond motifs is 5. The van der Waals surface area contributed by atoms with Crippen molar-refractivity contribution in [1.82, 2.24) is 0 Å². The molecule has 6 nitrogen and oxygen atoms in total. The van der Waals surface area contributed by atoms with Crippen molar-refractivity contribution < 1.29 is 28.7 Å². The number of allylic oxidation sites excluding steroid dienone is 4. The molecule has 230 valence electrons. The van der Waals surface area contributed by atoms with Gasteiger partial charge in [-0.25, -0.2) is 9.59 Å². The number of benzene rings is 2.